The lowest BCUT2D eigenvalue weighted by Crippen LogP contribution is -1.98. The van der Waals surface area contributed by atoms with Crippen LogP contribution in [0.15, 0.2) is 0 Å². The fourth-order valence-corrected chi connectivity index (χ4v) is 1.84. The van der Waals surface area contributed by atoms with Gasteiger partial charge in [0.2, 0.25) is 0 Å². The van der Waals surface area contributed by atoms with Gasteiger partial charge in [0.1, 0.15) is 0 Å². The second-order valence-electron chi connectivity index (χ2n) is 2.44. The van der Waals surface area contributed by atoms with E-state index in [1.807, 2.05) is 0 Å². The zero-order valence-electron chi connectivity index (χ0n) is 7.46. The van der Waals surface area contributed by atoms with Crippen LogP contribution in [0.1, 0.15) is 0 Å². The molecule has 0 fully saturated rings. The minimum absolute atomic E-state index is 0.222. The first kappa shape index (κ1) is 12.4. The lowest BCUT2D eigenvalue weighted by molar-refractivity contribution is -0.446. The summed E-state index contributed by atoms with van der Waals surface area (Å²) in [6.07, 6.45) is 0. The summed E-state index contributed by atoms with van der Waals surface area (Å²) in [5.41, 5.74) is -2.95. The van der Waals surface area contributed by atoms with Crippen molar-refractivity contribution in [2.45, 2.75) is 0 Å². The van der Waals surface area contributed by atoms with Gasteiger partial charge in [-0.1, -0.05) is 0 Å². The summed E-state index contributed by atoms with van der Waals surface area (Å²) < 4.78 is 0. The molecule has 0 aliphatic rings. The van der Waals surface area contributed by atoms with Crippen molar-refractivity contribution in [1.82, 2.24) is 0 Å². The van der Waals surface area contributed by atoms with Gasteiger partial charge in [0, 0.05) is 11.3 Å². The monoisotopic (exact) mass is 264 g/mol. The summed E-state index contributed by atoms with van der Waals surface area (Å²) in [5, 5.41) is 39.3. The van der Waals surface area contributed by atoms with Crippen LogP contribution in [0.25, 0.3) is 0 Å². The molecule has 0 aromatic carbocycles. The van der Waals surface area contributed by atoms with Crippen molar-refractivity contribution in [3.63, 3.8) is 0 Å². The van der Waals surface area contributed by atoms with Crippen LogP contribution in [-0.2, 0) is 0 Å². The largest absolute Gasteiger partial charge is 0.442 e. The van der Waals surface area contributed by atoms with Gasteiger partial charge in [0.15, 0.2) is 0 Å². The highest BCUT2D eigenvalue weighted by Crippen LogP contribution is 2.50. The molecule has 0 aliphatic heterocycles. The third-order valence-corrected chi connectivity index (χ3v) is 2.59. The molecule has 12 nitrogen and oxygen atoms in total. The summed E-state index contributed by atoms with van der Waals surface area (Å²) in [6.45, 7) is 0. The molecule has 1 aromatic heterocycles. The molecule has 1 rings (SSSR count). The first-order valence-electron chi connectivity index (χ1n) is 3.51. The Kier molecular flexibility index (Phi) is 2.94. The van der Waals surface area contributed by atoms with E-state index in [2.05, 4.69) is 0 Å². The van der Waals surface area contributed by atoms with Crippen LogP contribution in [0.2, 0.25) is 0 Å². The minimum Gasteiger partial charge on any atom is -0.258 e. The molecule has 0 radical (unpaired) electrons. The van der Waals surface area contributed by atoms with E-state index >= 15 is 0 Å². The molecule has 17 heavy (non-hydrogen) atoms. The van der Waals surface area contributed by atoms with E-state index in [0.717, 1.165) is 0 Å². The molecule has 0 unspecified atom stereocenters. The van der Waals surface area contributed by atoms with E-state index in [1.165, 1.54) is 0 Å². The lowest BCUT2D eigenvalue weighted by Gasteiger charge is -1.87. The number of hydrogen-bond donors (Lipinski definition) is 0. The van der Waals surface area contributed by atoms with Crippen molar-refractivity contribution in [1.29, 1.82) is 0 Å². The van der Waals surface area contributed by atoms with Crippen LogP contribution in [-0.4, -0.2) is 19.7 Å². The number of nitrogens with zero attached hydrogens (tertiary/aromatic N) is 4. The van der Waals surface area contributed by atoms with E-state index in [9.17, 15) is 40.5 Å². The van der Waals surface area contributed by atoms with Crippen LogP contribution < -0.4 is 0 Å². The Hall–Kier alpha value is -2.70. The highest BCUT2D eigenvalue weighted by atomic mass is 32.1. The molecule has 0 N–H and O–H groups in total. The van der Waals surface area contributed by atoms with E-state index in [-0.39, 0.29) is 11.3 Å². The van der Waals surface area contributed by atoms with Gasteiger partial charge in [-0.05, 0) is 0 Å². The summed E-state index contributed by atoms with van der Waals surface area (Å²) in [7, 11) is 0. The summed E-state index contributed by atoms with van der Waals surface area (Å²) in [6, 6.07) is 0. The minimum atomic E-state index is -1.48. The molecule has 0 atom stereocenters. The van der Waals surface area contributed by atoms with Crippen LogP contribution in [0, 0.1) is 40.5 Å². The topological polar surface area (TPSA) is 173 Å². The number of hydrogen-bond acceptors (Lipinski definition) is 9. The zero-order chi connectivity index (χ0) is 13.3. The van der Waals surface area contributed by atoms with Gasteiger partial charge in [-0.15, -0.1) is 0 Å². The molecular formula is C4N4O8S. The summed E-state index contributed by atoms with van der Waals surface area (Å²) in [4.78, 5) is 36.4. The molecule has 90 valence electrons. The second kappa shape index (κ2) is 4.05. The van der Waals surface area contributed by atoms with Gasteiger partial charge in [-0.25, -0.2) is 0 Å². The molecule has 0 spiro atoms. The normalized spacial score (nSPS) is 9.88. The average molecular weight is 264 g/mol. The van der Waals surface area contributed by atoms with Crippen LogP contribution >= 0.6 is 11.3 Å². The zero-order valence-corrected chi connectivity index (χ0v) is 8.28. The molecule has 0 saturated carbocycles. The Morgan fingerprint density at radius 2 is 0.941 bits per heavy atom. The van der Waals surface area contributed by atoms with E-state index in [0.29, 0.717) is 0 Å². The van der Waals surface area contributed by atoms with Gasteiger partial charge < -0.3 is 0 Å². The van der Waals surface area contributed by atoms with Crippen LogP contribution in [0.3, 0.4) is 0 Å². The molecule has 0 amide bonds. The Bertz CT molecular complexity index is 501. The van der Waals surface area contributed by atoms with E-state index in [1.54, 1.807) is 0 Å². The van der Waals surface area contributed by atoms with Crippen molar-refractivity contribution in [3.8, 4) is 0 Å². The predicted octanol–water partition coefficient (Wildman–Crippen LogP) is 1.38. The van der Waals surface area contributed by atoms with Gasteiger partial charge in [0.05, 0.1) is 19.7 Å². The standard InChI is InChI=1S/C4N4O8S/c9-5(10)1-2(6(11)12)4(8(15)16)17-3(1)7(13)14. The van der Waals surface area contributed by atoms with Crippen molar-refractivity contribution in [3.05, 3.63) is 40.5 Å². The highest BCUT2D eigenvalue weighted by Gasteiger charge is 2.49. The quantitative estimate of drug-likeness (QED) is 0.578. The number of rotatable bonds is 4. The summed E-state index contributed by atoms with van der Waals surface area (Å²) >= 11 is -0.222. The molecule has 1 aromatic rings. The number of thiophene rings is 1. The molecule has 0 aliphatic carbocycles. The van der Waals surface area contributed by atoms with Gasteiger partial charge in [-0.2, -0.15) is 0 Å². The van der Waals surface area contributed by atoms with Crippen molar-refractivity contribution < 1.29 is 19.7 Å². The predicted molar refractivity (Wildman–Crippen MR) is 50.9 cm³/mol. The first-order valence-corrected chi connectivity index (χ1v) is 4.33. The molecular weight excluding hydrogens is 264 g/mol. The van der Waals surface area contributed by atoms with E-state index < -0.39 is 41.1 Å². The highest BCUT2D eigenvalue weighted by molar-refractivity contribution is 7.19. The Balaban J connectivity index is 3.73. The fraction of sp³-hybridized carbons (Fsp3) is 0. The Morgan fingerprint density at radius 3 is 1.12 bits per heavy atom. The third kappa shape index (κ3) is 1.98. The van der Waals surface area contributed by atoms with Crippen LogP contribution in [0.4, 0.5) is 21.4 Å². The van der Waals surface area contributed by atoms with Crippen molar-refractivity contribution >= 4 is 32.7 Å². The first-order chi connectivity index (χ1) is 7.77. The van der Waals surface area contributed by atoms with Gasteiger partial charge >= 0.3 is 21.4 Å². The molecule has 13 heteroatoms. The molecule has 0 saturated heterocycles. The maximum atomic E-state index is 10.5. The lowest BCUT2D eigenvalue weighted by atomic mass is 10.4. The number of nitro groups is 4. The second-order valence-corrected chi connectivity index (χ2v) is 3.42. The maximum Gasteiger partial charge on any atom is 0.442 e. The fourth-order valence-electron chi connectivity index (χ4n) is 0.967. The SMILES string of the molecule is O=[N+]([O-])c1sc([N+](=O)[O-])c([N+](=O)[O-])c1[N+](=O)[O-]. The van der Waals surface area contributed by atoms with Gasteiger partial charge in [0.25, 0.3) is 0 Å². The third-order valence-electron chi connectivity index (χ3n) is 1.52. The molecule has 1 heterocycles. The average Bonchev–Trinajstić information content (AvgIpc) is 2.56. The Labute approximate surface area is 93.7 Å². The van der Waals surface area contributed by atoms with Gasteiger partial charge in [-0.3, -0.25) is 40.5 Å². The van der Waals surface area contributed by atoms with Crippen LogP contribution in [0.5, 0.6) is 0 Å². The summed E-state index contributed by atoms with van der Waals surface area (Å²) in [5.74, 6) is 0. The van der Waals surface area contributed by atoms with Crippen molar-refractivity contribution in [2.75, 3.05) is 0 Å². The van der Waals surface area contributed by atoms with E-state index in [4.69, 9.17) is 0 Å². The molecule has 0 bridgehead atoms. The van der Waals surface area contributed by atoms with Crippen molar-refractivity contribution in [2.24, 2.45) is 0 Å². The maximum absolute atomic E-state index is 10.5. The Morgan fingerprint density at radius 1 is 0.647 bits per heavy atom. The smallest absolute Gasteiger partial charge is 0.258 e.